The molecule has 0 aromatic carbocycles. The van der Waals surface area contributed by atoms with Gasteiger partial charge in [0.05, 0.1) is 0 Å². The molecule has 1 aliphatic heterocycles. The SMILES string of the molecule is CC1CNCC(CCO)N1C1CCCCC1. The van der Waals surface area contributed by atoms with Gasteiger partial charge in [-0.05, 0) is 26.2 Å². The predicted molar refractivity (Wildman–Crippen MR) is 66.5 cm³/mol. The second-order valence-electron chi connectivity index (χ2n) is 5.41. The molecule has 94 valence electrons. The molecule has 1 heterocycles. The van der Waals surface area contributed by atoms with Crippen LogP contribution >= 0.6 is 0 Å². The minimum Gasteiger partial charge on any atom is -0.396 e. The quantitative estimate of drug-likeness (QED) is 0.763. The molecule has 0 aromatic rings. The fourth-order valence-corrected chi connectivity index (χ4v) is 3.47. The Morgan fingerprint density at radius 2 is 1.94 bits per heavy atom. The van der Waals surface area contributed by atoms with Gasteiger partial charge in [-0.2, -0.15) is 0 Å². The smallest absolute Gasteiger partial charge is 0.0446 e. The van der Waals surface area contributed by atoms with Crippen molar-refractivity contribution in [1.82, 2.24) is 10.2 Å². The van der Waals surface area contributed by atoms with Crippen LogP contribution < -0.4 is 5.32 Å². The predicted octanol–water partition coefficient (Wildman–Crippen LogP) is 1.36. The van der Waals surface area contributed by atoms with E-state index < -0.39 is 0 Å². The number of hydrogen-bond acceptors (Lipinski definition) is 3. The highest BCUT2D eigenvalue weighted by atomic mass is 16.3. The minimum atomic E-state index is 0.322. The van der Waals surface area contributed by atoms with E-state index in [1.165, 1.54) is 32.1 Å². The number of aliphatic hydroxyl groups is 1. The van der Waals surface area contributed by atoms with Gasteiger partial charge in [-0.3, -0.25) is 4.90 Å². The van der Waals surface area contributed by atoms with E-state index in [2.05, 4.69) is 17.1 Å². The van der Waals surface area contributed by atoms with Crippen LogP contribution in [0, 0.1) is 0 Å². The first kappa shape index (κ1) is 12.3. The van der Waals surface area contributed by atoms with Gasteiger partial charge in [0.15, 0.2) is 0 Å². The number of nitrogens with zero attached hydrogens (tertiary/aromatic N) is 1. The van der Waals surface area contributed by atoms with Gasteiger partial charge >= 0.3 is 0 Å². The van der Waals surface area contributed by atoms with Gasteiger partial charge in [0.25, 0.3) is 0 Å². The number of nitrogens with one attached hydrogen (secondary N) is 1. The van der Waals surface area contributed by atoms with Crippen molar-refractivity contribution >= 4 is 0 Å². The molecule has 0 bridgehead atoms. The van der Waals surface area contributed by atoms with Crippen molar-refractivity contribution in [3.63, 3.8) is 0 Å². The van der Waals surface area contributed by atoms with E-state index in [9.17, 15) is 0 Å². The summed E-state index contributed by atoms with van der Waals surface area (Å²) < 4.78 is 0. The maximum absolute atomic E-state index is 9.17. The second-order valence-corrected chi connectivity index (χ2v) is 5.41. The van der Waals surface area contributed by atoms with Crippen LogP contribution in [0.5, 0.6) is 0 Å². The normalized spacial score (nSPS) is 34.1. The van der Waals surface area contributed by atoms with Crippen LogP contribution in [-0.4, -0.2) is 47.8 Å². The van der Waals surface area contributed by atoms with Crippen LogP contribution in [0.2, 0.25) is 0 Å². The molecule has 2 unspecified atom stereocenters. The molecule has 2 atom stereocenters. The zero-order valence-corrected chi connectivity index (χ0v) is 10.5. The van der Waals surface area contributed by atoms with Gasteiger partial charge in [0.1, 0.15) is 0 Å². The van der Waals surface area contributed by atoms with E-state index in [1.807, 2.05) is 0 Å². The molecule has 2 rings (SSSR count). The third kappa shape index (κ3) is 2.76. The Hall–Kier alpha value is -0.120. The Kier molecular flexibility index (Phi) is 4.62. The van der Waals surface area contributed by atoms with Crippen molar-refractivity contribution in [2.24, 2.45) is 0 Å². The first-order chi connectivity index (χ1) is 7.83. The standard InChI is InChI=1S/C13H26N2O/c1-11-9-14-10-13(7-8-16)15(11)12-5-3-2-4-6-12/h11-14,16H,2-10H2,1H3. The van der Waals surface area contributed by atoms with Crippen molar-refractivity contribution in [3.05, 3.63) is 0 Å². The fourth-order valence-electron chi connectivity index (χ4n) is 3.47. The Morgan fingerprint density at radius 1 is 1.19 bits per heavy atom. The molecular formula is C13H26N2O. The first-order valence-corrected chi connectivity index (χ1v) is 6.92. The lowest BCUT2D eigenvalue weighted by molar-refractivity contribution is 0.0281. The number of aliphatic hydroxyl groups excluding tert-OH is 1. The van der Waals surface area contributed by atoms with Crippen LogP contribution in [0.1, 0.15) is 45.4 Å². The summed E-state index contributed by atoms with van der Waals surface area (Å²) in [5, 5.41) is 12.7. The molecule has 0 aromatic heterocycles. The van der Waals surface area contributed by atoms with Crippen LogP contribution in [0.3, 0.4) is 0 Å². The molecule has 3 nitrogen and oxygen atoms in total. The zero-order valence-electron chi connectivity index (χ0n) is 10.5. The molecule has 2 fully saturated rings. The Bertz CT molecular complexity index is 194. The zero-order chi connectivity index (χ0) is 11.4. The minimum absolute atomic E-state index is 0.322. The fraction of sp³-hybridized carbons (Fsp3) is 1.00. The average Bonchev–Trinajstić information content (AvgIpc) is 2.31. The van der Waals surface area contributed by atoms with Crippen molar-refractivity contribution in [2.75, 3.05) is 19.7 Å². The Balaban J connectivity index is 1.99. The third-order valence-electron chi connectivity index (χ3n) is 4.21. The van der Waals surface area contributed by atoms with Crippen molar-refractivity contribution in [1.29, 1.82) is 0 Å². The summed E-state index contributed by atoms with van der Waals surface area (Å²) in [6.07, 6.45) is 7.87. The summed E-state index contributed by atoms with van der Waals surface area (Å²) in [6, 6.07) is 1.97. The highest BCUT2D eigenvalue weighted by molar-refractivity contribution is 4.90. The van der Waals surface area contributed by atoms with Crippen molar-refractivity contribution in [2.45, 2.75) is 63.6 Å². The summed E-state index contributed by atoms with van der Waals surface area (Å²) in [7, 11) is 0. The van der Waals surface area contributed by atoms with E-state index in [0.717, 1.165) is 25.6 Å². The van der Waals surface area contributed by atoms with E-state index >= 15 is 0 Å². The lowest BCUT2D eigenvalue weighted by Gasteiger charge is -2.47. The summed E-state index contributed by atoms with van der Waals surface area (Å²) in [4.78, 5) is 2.70. The molecular weight excluding hydrogens is 200 g/mol. The van der Waals surface area contributed by atoms with Gasteiger partial charge in [-0.25, -0.2) is 0 Å². The van der Waals surface area contributed by atoms with Crippen LogP contribution in [-0.2, 0) is 0 Å². The molecule has 0 spiro atoms. The maximum atomic E-state index is 9.17. The molecule has 16 heavy (non-hydrogen) atoms. The number of hydrogen-bond donors (Lipinski definition) is 2. The van der Waals surface area contributed by atoms with Gasteiger partial charge in [-0.1, -0.05) is 19.3 Å². The molecule has 1 saturated heterocycles. The summed E-state index contributed by atoms with van der Waals surface area (Å²) in [6.45, 7) is 4.81. The Morgan fingerprint density at radius 3 is 2.62 bits per heavy atom. The van der Waals surface area contributed by atoms with Crippen LogP contribution in [0.4, 0.5) is 0 Å². The Labute approximate surface area is 99.2 Å². The van der Waals surface area contributed by atoms with Gasteiger partial charge in [0, 0.05) is 37.8 Å². The molecule has 1 aliphatic carbocycles. The molecule has 0 radical (unpaired) electrons. The van der Waals surface area contributed by atoms with Crippen molar-refractivity contribution in [3.8, 4) is 0 Å². The van der Waals surface area contributed by atoms with Crippen LogP contribution in [0.25, 0.3) is 0 Å². The van der Waals surface area contributed by atoms with Crippen LogP contribution in [0.15, 0.2) is 0 Å². The monoisotopic (exact) mass is 226 g/mol. The number of rotatable bonds is 3. The molecule has 2 N–H and O–H groups in total. The molecule has 2 aliphatic rings. The summed E-state index contributed by atoms with van der Waals surface area (Å²) >= 11 is 0. The molecule has 3 heteroatoms. The van der Waals surface area contributed by atoms with Gasteiger partial charge in [-0.15, -0.1) is 0 Å². The van der Waals surface area contributed by atoms with Gasteiger partial charge < -0.3 is 10.4 Å². The number of piperazine rings is 1. The van der Waals surface area contributed by atoms with E-state index in [0.29, 0.717) is 18.7 Å². The molecule has 1 saturated carbocycles. The average molecular weight is 226 g/mol. The first-order valence-electron chi connectivity index (χ1n) is 6.92. The topological polar surface area (TPSA) is 35.5 Å². The van der Waals surface area contributed by atoms with Gasteiger partial charge in [0.2, 0.25) is 0 Å². The second kappa shape index (κ2) is 5.99. The highest BCUT2D eigenvalue weighted by Gasteiger charge is 2.33. The van der Waals surface area contributed by atoms with Crippen molar-refractivity contribution < 1.29 is 5.11 Å². The summed E-state index contributed by atoms with van der Waals surface area (Å²) in [5.41, 5.74) is 0. The van der Waals surface area contributed by atoms with E-state index in [4.69, 9.17) is 5.11 Å². The molecule has 0 amide bonds. The van der Waals surface area contributed by atoms with E-state index in [-0.39, 0.29) is 0 Å². The maximum Gasteiger partial charge on any atom is 0.0446 e. The van der Waals surface area contributed by atoms with E-state index in [1.54, 1.807) is 0 Å². The lowest BCUT2D eigenvalue weighted by atomic mass is 9.90. The third-order valence-corrected chi connectivity index (χ3v) is 4.21. The lowest BCUT2D eigenvalue weighted by Crippen LogP contribution is -2.60. The summed E-state index contributed by atoms with van der Waals surface area (Å²) in [5.74, 6) is 0. The highest BCUT2D eigenvalue weighted by Crippen LogP contribution is 2.27. The largest absolute Gasteiger partial charge is 0.396 e.